The van der Waals surface area contributed by atoms with Crippen LogP contribution in [0.25, 0.3) is 11.0 Å². The maximum absolute atomic E-state index is 13.1. The number of para-hydroxylation sites is 1. The summed E-state index contributed by atoms with van der Waals surface area (Å²) in [6, 6.07) is 4.58. The van der Waals surface area contributed by atoms with E-state index in [1.54, 1.807) is 24.1 Å². The molecule has 2 amide bonds. The number of nitrogens with zero attached hydrogens (tertiary/aromatic N) is 3. The second-order valence-electron chi connectivity index (χ2n) is 10.0. The number of carbonyl (C=O) groups excluding carboxylic acids is 3. The van der Waals surface area contributed by atoms with Gasteiger partial charge in [0.15, 0.2) is 0 Å². The second kappa shape index (κ2) is 12.1. The Morgan fingerprint density at radius 1 is 1.24 bits per heavy atom. The molecule has 37 heavy (non-hydrogen) atoms. The molecule has 0 aliphatic carbocycles. The van der Waals surface area contributed by atoms with E-state index in [0.717, 1.165) is 6.29 Å². The molecule has 0 bridgehead atoms. The number of amides is 2. The SMILES string of the molecule is CNC(=O)C(CCC=O)n1c(=O)n(C)c2c(C#CCOC3CCN(C(=O)OC(C)(C)C)CC3)cccc21. The van der Waals surface area contributed by atoms with Gasteiger partial charge in [-0.15, -0.1) is 0 Å². The van der Waals surface area contributed by atoms with Gasteiger partial charge in [-0.2, -0.15) is 0 Å². The van der Waals surface area contributed by atoms with Crippen LogP contribution in [0.5, 0.6) is 0 Å². The van der Waals surface area contributed by atoms with Gasteiger partial charge < -0.3 is 24.5 Å². The first-order valence-corrected chi connectivity index (χ1v) is 12.5. The van der Waals surface area contributed by atoms with Crippen LogP contribution in [0.15, 0.2) is 23.0 Å². The quantitative estimate of drug-likeness (QED) is 0.450. The molecule has 0 saturated carbocycles. The highest BCUT2D eigenvalue weighted by molar-refractivity contribution is 5.87. The zero-order chi connectivity index (χ0) is 27.2. The lowest BCUT2D eigenvalue weighted by atomic mass is 10.1. The summed E-state index contributed by atoms with van der Waals surface area (Å²) in [6.07, 6.45) is 2.23. The number of aromatic nitrogens is 2. The number of aldehydes is 1. The van der Waals surface area contributed by atoms with Crippen molar-refractivity contribution in [1.29, 1.82) is 0 Å². The molecule has 1 fully saturated rings. The fourth-order valence-electron chi connectivity index (χ4n) is 4.43. The van der Waals surface area contributed by atoms with Gasteiger partial charge in [-0.1, -0.05) is 17.9 Å². The van der Waals surface area contributed by atoms with Crippen molar-refractivity contribution in [2.24, 2.45) is 7.05 Å². The third-order valence-corrected chi connectivity index (χ3v) is 6.23. The summed E-state index contributed by atoms with van der Waals surface area (Å²) >= 11 is 0. The average Bonchev–Trinajstić information content (AvgIpc) is 3.11. The Morgan fingerprint density at radius 3 is 2.57 bits per heavy atom. The normalized spacial score (nSPS) is 15.1. The van der Waals surface area contributed by atoms with Crippen molar-refractivity contribution >= 4 is 29.3 Å². The van der Waals surface area contributed by atoms with Gasteiger partial charge in [0.05, 0.1) is 22.7 Å². The van der Waals surface area contributed by atoms with Crippen molar-refractivity contribution in [1.82, 2.24) is 19.4 Å². The number of imidazole rings is 1. The molecular weight excluding hydrogens is 476 g/mol. The van der Waals surface area contributed by atoms with E-state index in [1.807, 2.05) is 26.8 Å². The fourth-order valence-corrected chi connectivity index (χ4v) is 4.43. The van der Waals surface area contributed by atoms with Crippen molar-refractivity contribution in [3.05, 3.63) is 34.2 Å². The summed E-state index contributed by atoms with van der Waals surface area (Å²) in [7, 11) is 3.15. The molecule has 1 atom stereocenters. The van der Waals surface area contributed by atoms with Crippen LogP contribution in [0.3, 0.4) is 0 Å². The Hall–Kier alpha value is -3.58. The molecule has 1 aromatic carbocycles. The van der Waals surface area contributed by atoms with Crippen LogP contribution in [-0.2, 0) is 26.1 Å². The first kappa shape index (κ1) is 28.0. The second-order valence-corrected chi connectivity index (χ2v) is 10.0. The van der Waals surface area contributed by atoms with E-state index >= 15 is 0 Å². The van der Waals surface area contributed by atoms with Gasteiger partial charge in [0.25, 0.3) is 0 Å². The number of fused-ring (bicyclic) bond motifs is 1. The monoisotopic (exact) mass is 512 g/mol. The fraction of sp³-hybridized carbons (Fsp3) is 0.556. The lowest BCUT2D eigenvalue weighted by Gasteiger charge is -2.33. The summed E-state index contributed by atoms with van der Waals surface area (Å²) in [5, 5.41) is 2.58. The third-order valence-electron chi connectivity index (χ3n) is 6.23. The van der Waals surface area contributed by atoms with E-state index in [2.05, 4.69) is 17.2 Å². The number of ether oxygens (including phenoxy) is 2. The topological polar surface area (TPSA) is 112 Å². The van der Waals surface area contributed by atoms with Crippen LogP contribution in [0.1, 0.15) is 58.1 Å². The number of hydrogen-bond donors (Lipinski definition) is 1. The van der Waals surface area contributed by atoms with Gasteiger partial charge in [0.1, 0.15) is 24.5 Å². The summed E-state index contributed by atoms with van der Waals surface area (Å²) in [5.74, 6) is 5.80. The molecule has 1 aromatic heterocycles. The van der Waals surface area contributed by atoms with Gasteiger partial charge in [-0.25, -0.2) is 9.59 Å². The lowest BCUT2D eigenvalue weighted by molar-refractivity contribution is -0.124. The number of carbonyl (C=O) groups is 3. The van der Waals surface area contributed by atoms with Crippen molar-refractivity contribution in [3.8, 4) is 11.8 Å². The molecule has 0 radical (unpaired) electrons. The largest absolute Gasteiger partial charge is 0.444 e. The minimum atomic E-state index is -0.801. The smallest absolute Gasteiger partial charge is 0.410 e. The molecule has 1 N–H and O–H groups in total. The summed E-state index contributed by atoms with van der Waals surface area (Å²) in [4.78, 5) is 50.5. The number of likely N-dealkylation sites (tertiary alicyclic amines) is 1. The average molecular weight is 513 g/mol. The van der Waals surface area contributed by atoms with Crippen LogP contribution in [0.4, 0.5) is 4.79 Å². The van der Waals surface area contributed by atoms with Crippen LogP contribution >= 0.6 is 0 Å². The molecule has 10 heteroatoms. The number of piperidine rings is 1. The lowest BCUT2D eigenvalue weighted by Crippen LogP contribution is -2.43. The zero-order valence-corrected chi connectivity index (χ0v) is 22.2. The Kier molecular flexibility index (Phi) is 9.16. The molecular formula is C27H36N4O6. The van der Waals surface area contributed by atoms with Gasteiger partial charge in [-0.3, -0.25) is 13.9 Å². The zero-order valence-electron chi connectivity index (χ0n) is 22.2. The van der Waals surface area contributed by atoms with E-state index in [9.17, 15) is 19.2 Å². The van der Waals surface area contributed by atoms with Gasteiger partial charge in [-0.05, 0) is 52.2 Å². The van der Waals surface area contributed by atoms with Crippen molar-refractivity contribution in [2.75, 3.05) is 26.7 Å². The number of aryl methyl sites for hydroxylation is 1. The highest BCUT2D eigenvalue weighted by Crippen LogP contribution is 2.23. The molecule has 200 valence electrons. The maximum Gasteiger partial charge on any atom is 0.410 e. The predicted molar refractivity (Wildman–Crippen MR) is 139 cm³/mol. The molecule has 1 aliphatic rings. The molecule has 2 heterocycles. The van der Waals surface area contributed by atoms with Crippen molar-refractivity contribution < 1.29 is 23.9 Å². The van der Waals surface area contributed by atoms with Crippen molar-refractivity contribution in [2.45, 2.75) is 64.2 Å². The molecule has 3 rings (SSSR count). The van der Waals surface area contributed by atoms with E-state index in [-0.39, 0.29) is 43.2 Å². The Morgan fingerprint density at radius 2 is 1.95 bits per heavy atom. The minimum Gasteiger partial charge on any atom is -0.444 e. The Bertz CT molecular complexity index is 1250. The Balaban J connectivity index is 1.70. The van der Waals surface area contributed by atoms with Crippen LogP contribution in [0.2, 0.25) is 0 Å². The standard InChI is InChI=1S/C27H36N4O6/c1-27(2,3)37-26(35)30-15-13-20(14-16-30)36-18-8-10-19-9-6-11-21-23(19)29(5)25(34)31(21)22(12-7-17-32)24(33)28-4/h6,9,11,17,20,22H,7,12-16,18H2,1-5H3,(H,28,33). The highest BCUT2D eigenvalue weighted by Gasteiger charge is 2.27. The van der Waals surface area contributed by atoms with E-state index in [0.29, 0.717) is 42.5 Å². The maximum atomic E-state index is 13.1. The molecule has 10 nitrogen and oxygen atoms in total. The van der Waals surface area contributed by atoms with Crippen LogP contribution < -0.4 is 11.0 Å². The van der Waals surface area contributed by atoms with Crippen LogP contribution in [-0.4, -0.2) is 70.8 Å². The van der Waals surface area contributed by atoms with E-state index < -0.39 is 11.6 Å². The first-order valence-electron chi connectivity index (χ1n) is 12.5. The number of hydrogen-bond acceptors (Lipinski definition) is 6. The van der Waals surface area contributed by atoms with Gasteiger partial charge in [0.2, 0.25) is 5.91 Å². The number of rotatable bonds is 7. The molecule has 1 saturated heterocycles. The van der Waals surface area contributed by atoms with E-state index in [1.165, 1.54) is 16.2 Å². The first-order chi connectivity index (χ1) is 17.6. The molecule has 1 aliphatic heterocycles. The summed E-state index contributed by atoms with van der Waals surface area (Å²) < 4.78 is 14.3. The van der Waals surface area contributed by atoms with Crippen LogP contribution in [0, 0.1) is 11.8 Å². The highest BCUT2D eigenvalue weighted by atomic mass is 16.6. The molecule has 0 spiro atoms. The van der Waals surface area contributed by atoms with E-state index in [4.69, 9.17) is 9.47 Å². The number of nitrogens with one attached hydrogen (secondary N) is 1. The van der Waals surface area contributed by atoms with Gasteiger partial charge >= 0.3 is 11.8 Å². The molecule has 2 aromatic rings. The Labute approximate surface area is 216 Å². The summed E-state index contributed by atoms with van der Waals surface area (Å²) in [6.45, 7) is 6.89. The van der Waals surface area contributed by atoms with Gasteiger partial charge in [0, 0.05) is 33.6 Å². The summed E-state index contributed by atoms with van der Waals surface area (Å²) in [5.41, 5.74) is 0.966. The minimum absolute atomic E-state index is 0.000326. The predicted octanol–water partition coefficient (Wildman–Crippen LogP) is 2.37. The number of likely N-dealkylation sites (N-methyl/N-ethyl adjacent to an activating group) is 1. The molecule has 1 unspecified atom stereocenters. The van der Waals surface area contributed by atoms with Crippen molar-refractivity contribution in [3.63, 3.8) is 0 Å². The third kappa shape index (κ3) is 6.80. The number of benzene rings is 1.